The number of nitrogens with zero attached hydrogens (tertiary/aromatic N) is 4. The highest BCUT2D eigenvalue weighted by Crippen LogP contribution is 2.14. The van der Waals surface area contributed by atoms with Crippen LogP contribution in [0.15, 0.2) is 60.9 Å². The average Bonchev–Trinajstić information content (AvgIpc) is 2.69. The van der Waals surface area contributed by atoms with E-state index in [1.54, 1.807) is 48.5 Å². The number of hydrogen-bond acceptors (Lipinski definition) is 6. The molecule has 1 amide bonds. The first-order chi connectivity index (χ1) is 12.7. The minimum atomic E-state index is -0.348. The number of rotatable bonds is 4. The van der Waals surface area contributed by atoms with E-state index in [0.717, 1.165) is 5.69 Å². The largest absolute Gasteiger partial charge is 0.324 e. The maximum absolute atomic E-state index is 12.2. The second-order valence-electron chi connectivity index (χ2n) is 5.25. The van der Waals surface area contributed by atoms with Gasteiger partial charge in [-0.15, -0.1) is 0 Å². The van der Waals surface area contributed by atoms with Crippen LogP contribution in [0.3, 0.4) is 0 Å². The quantitative estimate of drug-likeness (QED) is 0.753. The second-order valence-corrected chi connectivity index (χ2v) is 5.25. The van der Waals surface area contributed by atoms with E-state index in [2.05, 4.69) is 20.6 Å². The topological polar surface area (TPSA) is 114 Å². The van der Waals surface area contributed by atoms with Crippen LogP contribution in [-0.4, -0.2) is 15.9 Å². The summed E-state index contributed by atoms with van der Waals surface area (Å²) in [6, 6.07) is 17.5. The zero-order valence-electron chi connectivity index (χ0n) is 13.5. The Bertz CT molecular complexity index is 996. The van der Waals surface area contributed by atoms with Crippen LogP contribution in [-0.2, 0) is 0 Å². The van der Waals surface area contributed by atoms with Crippen LogP contribution in [0.1, 0.15) is 21.5 Å². The molecule has 7 nitrogen and oxygen atoms in total. The number of aromatic nitrogens is 2. The fourth-order valence-electron chi connectivity index (χ4n) is 2.10. The Morgan fingerprint density at radius 2 is 1.31 bits per heavy atom. The maximum Gasteiger partial charge on any atom is 0.258 e. The number of carbonyl (C=O) groups is 1. The van der Waals surface area contributed by atoms with Crippen molar-refractivity contribution in [2.75, 3.05) is 10.6 Å². The van der Waals surface area contributed by atoms with Crippen LogP contribution in [0.25, 0.3) is 0 Å². The van der Waals surface area contributed by atoms with Crippen molar-refractivity contribution in [3.05, 3.63) is 77.6 Å². The van der Waals surface area contributed by atoms with Gasteiger partial charge in [0.2, 0.25) is 5.95 Å². The fourth-order valence-corrected chi connectivity index (χ4v) is 2.10. The number of hydrogen-bond donors (Lipinski definition) is 2. The monoisotopic (exact) mass is 340 g/mol. The summed E-state index contributed by atoms with van der Waals surface area (Å²) < 4.78 is 0. The van der Waals surface area contributed by atoms with Crippen molar-refractivity contribution in [2.24, 2.45) is 0 Å². The van der Waals surface area contributed by atoms with Gasteiger partial charge in [0.25, 0.3) is 5.91 Å². The Balaban J connectivity index is 1.65. The molecule has 0 atom stereocenters. The Labute approximate surface area is 149 Å². The van der Waals surface area contributed by atoms with E-state index in [4.69, 9.17) is 10.5 Å². The van der Waals surface area contributed by atoms with Gasteiger partial charge in [0.15, 0.2) is 0 Å². The number of nitriles is 2. The Kier molecular flexibility index (Phi) is 4.83. The van der Waals surface area contributed by atoms with E-state index >= 15 is 0 Å². The van der Waals surface area contributed by atoms with Crippen LogP contribution in [0.5, 0.6) is 0 Å². The summed E-state index contributed by atoms with van der Waals surface area (Å²) in [6.45, 7) is 0. The van der Waals surface area contributed by atoms with E-state index in [9.17, 15) is 4.79 Å². The van der Waals surface area contributed by atoms with Crippen molar-refractivity contribution in [2.45, 2.75) is 0 Å². The summed E-state index contributed by atoms with van der Waals surface area (Å²) in [6.07, 6.45) is 2.83. The molecule has 3 aromatic rings. The molecule has 0 spiro atoms. The first-order valence-corrected chi connectivity index (χ1v) is 7.59. The first kappa shape index (κ1) is 16.6. The van der Waals surface area contributed by atoms with Gasteiger partial charge in [-0.25, -0.2) is 9.97 Å². The molecular formula is C19H12N6O. The van der Waals surface area contributed by atoms with E-state index in [0.29, 0.717) is 28.3 Å². The van der Waals surface area contributed by atoms with Gasteiger partial charge in [0.1, 0.15) is 0 Å². The van der Waals surface area contributed by atoms with Gasteiger partial charge in [0, 0.05) is 23.8 Å². The summed E-state index contributed by atoms with van der Waals surface area (Å²) in [5.41, 5.74) is 2.70. The lowest BCUT2D eigenvalue weighted by atomic mass is 10.2. The van der Waals surface area contributed by atoms with Crippen LogP contribution in [0.4, 0.5) is 17.3 Å². The molecule has 0 unspecified atom stereocenters. The lowest BCUT2D eigenvalue weighted by Gasteiger charge is -2.07. The third kappa shape index (κ3) is 3.99. The molecule has 124 valence electrons. The summed E-state index contributed by atoms with van der Waals surface area (Å²) in [5.74, 6) is -0.00994. The molecule has 2 aromatic carbocycles. The third-order valence-electron chi connectivity index (χ3n) is 3.46. The molecular weight excluding hydrogens is 328 g/mol. The minimum absolute atomic E-state index is 0.305. The molecule has 1 heterocycles. The van der Waals surface area contributed by atoms with Crippen molar-refractivity contribution in [3.63, 3.8) is 0 Å². The van der Waals surface area contributed by atoms with Gasteiger partial charge in [-0.1, -0.05) is 0 Å². The fraction of sp³-hybridized carbons (Fsp3) is 0. The standard InChI is InChI=1S/C19H12N6O/c20-9-13-1-5-16(6-2-13)24-18(26)15-11-22-19(23-12-15)25-17-7-3-14(10-21)4-8-17/h1-8,11-12H,(H,24,26)(H,22,23,25). The minimum Gasteiger partial charge on any atom is -0.324 e. The molecule has 0 saturated carbocycles. The lowest BCUT2D eigenvalue weighted by Crippen LogP contribution is -2.13. The zero-order chi connectivity index (χ0) is 18.4. The third-order valence-corrected chi connectivity index (χ3v) is 3.46. The van der Waals surface area contributed by atoms with Crippen molar-refractivity contribution in [1.82, 2.24) is 9.97 Å². The SMILES string of the molecule is N#Cc1ccc(NC(=O)c2cnc(Nc3ccc(C#N)cc3)nc2)cc1. The molecule has 2 N–H and O–H groups in total. The predicted octanol–water partition coefficient (Wildman–Crippen LogP) is 3.22. The van der Waals surface area contributed by atoms with Crippen molar-refractivity contribution < 1.29 is 4.79 Å². The molecule has 0 saturated heterocycles. The Morgan fingerprint density at radius 1 is 0.808 bits per heavy atom. The summed E-state index contributed by atoms with van der Waals surface area (Å²) >= 11 is 0. The molecule has 26 heavy (non-hydrogen) atoms. The van der Waals surface area contributed by atoms with Crippen LogP contribution < -0.4 is 10.6 Å². The summed E-state index contributed by atoms with van der Waals surface area (Å²) in [7, 11) is 0. The van der Waals surface area contributed by atoms with Crippen LogP contribution >= 0.6 is 0 Å². The van der Waals surface area contributed by atoms with Gasteiger partial charge in [-0.05, 0) is 48.5 Å². The van der Waals surface area contributed by atoms with Gasteiger partial charge >= 0.3 is 0 Å². The maximum atomic E-state index is 12.2. The summed E-state index contributed by atoms with van der Waals surface area (Å²) in [5, 5.41) is 23.3. The van der Waals surface area contributed by atoms with Gasteiger partial charge in [-0.3, -0.25) is 4.79 Å². The van der Waals surface area contributed by atoms with Crippen molar-refractivity contribution >= 4 is 23.2 Å². The van der Waals surface area contributed by atoms with Crippen LogP contribution in [0, 0.1) is 22.7 Å². The highest BCUT2D eigenvalue weighted by molar-refractivity contribution is 6.03. The molecule has 0 aliphatic heterocycles. The highest BCUT2D eigenvalue weighted by Gasteiger charge is 2.08. The zero-order valence-corrected chi connectivity index (χ0v) is 13.5. The number of nitrogens with one attached hydrogen (secondary N) is 2. The molecule has 0 aliphatic rings. The molecule has 3 rings (SSSR count). The van der Waals surface area contributed by atoms with E-state index in [1.165, 1.54) is 12.4 Å². The number of benzene rings is 2. The Hall–Kier alpha value is -4.23. The normalized spacial score (nSPS) is 9.62. The molecule has 7 heteroatoms. The molecule has 0 radical (unpaired) electrons. The number of amides is 1. The molecule has 0 aliphatic carbocycles. The Morgan fingerprint density at radius 3 is 1.81 bits per heavy atom. The number of carbonyl (C=O) groups excluding carboxylic acids is 1. The average molecular weight is 340 g/mol. The molecule has 1 aromatic heterocycles. The lowest BCUT2D eigenvalue weighted by molar-refractivity contribution is 0.102. The van der Waals surface area contributed by atoms with Crippen LogP contribution in [0.2, 0.25) is 0 Å². The van der Waals surface area contributed by atoms with Gasteiger partial charge < -0.3 is 10.6 Å². The first-order valence-electron chi connectivity index (χ1n) is 7.59. The van der Waals surface area contributed by atoms with Crippen molar-refractivity contribution in [1.29, 1.82) is 10.5 Å². The highest BCUT2D eigenvalue weighted by atomic mass is 16.1. The number of anilines is 3. The smallest absolute Gasteiger partial charge is 0.258 e. The molecule has 0 fully saturated rings. The van der Waals surface area contributed by atoms with E-state index < -0.39 is 0 Å². The van der Waals surface area contributed by atoms with Crippen molar-refractivity contribution in [3.8, 4) is 12.1 Å². The predicted molar refractivity (Wildman–Crippen MR) is 95.6 cm³/mol. The van der Waals surface area contributed by atoms with E-state index in [1.807, 2.05) is 12.1 Å². The van der Waals surface area contributed by atoms with Gasteiger partial charge in [0.05, 0.1) is 28.8 Å². The summed E-state index contributed by atoms with van der Waals surface area (Å²) in [4.78, 5) is 20.4. The molecule has 0 bridgehead atoms. The second kappa shape index (κ2) is 7.56. The van der Waals surface area contributed by atoms with E-state index in [-0.39, 0.29) is 5.91 Å². The van der Waals surface area contributed by atoms with Gasteiger partial charge in [-0.2, -0.15) is 10.5 Å².